The molecule has 0 unspecified atom stereocenters. The van der Waals surface area contributed by atoms with Gasteiger partial charge >= 0.3 is 5.97 Å². The van der Waals surface area contributed by atoms with E-state index in [0.717, 1.165) is 6.07 Å². The van der Waals surface area contributed by atoms with Gasteiger partial charge in [-0.15, -0.1) is 0 Å². The number of nitrogen functional groups attached to an aromatic ring is 1. The number of phenols is 1. The molecule has 0 radical (unpaired) electrons. The van der Waals surface area contributed by atoms with Crippen LogP contribution >= 0.6 is 11.6 Å². The number of hydrogen-bond acceptors (Lipinski definition) is 4. The number of esters is 1. The second-order valence-electron chi connectivity index (χ2n) is 2.71. The Morgan fingerprint density at radius 3 is 2.87 bits per heavy atom. The highest BCUT2D eigenvalue weighted by atomic mass is 35.5. The van der Waals surface area contributed by atoms with Gasteiger partial charge in [-0.2, -0.15) is 0 Å². The molecule has 0 fully saturated rings. The van der Waals surface area contributed by atoms with Gasteiger partial charge in [0.2, 0.25) is 0 Å². The highest BCUT2D eigenvalue weighted by molar-refractivity contribution is 6.31. The molecule has 0 saturated heterocycles. The van der Waals surface area contributed by atoms with Crippen LogP contribution in [0, 0.1) is 5.82 Å². The van der Waals surface area contributed by atoms with E-state index in [1.165, 1.54) is 0 Å². The van der Waals surface area contributed by atoms with Crippen molar-refractivity contribution in [3.05, 3.63) is 22.5 Å². The van der Waals surface area contributed by atoms with E-state index in [1.54, 1.807) is 6.92 Å². The number of aromatic hydroxyl groups is 1. The van der Waals surface area contributed by atoms with Crippen molar-refractivity contribution >= 4 is 23.3 Å². The van der Waals surface area contributed by atoms with Crippen molar-refractivity contribution in [2.75, 3.05) is 12.3 Å². The molecular weight excluding hydrogens is 225 g/mol. The van der Waals surface area contributed by atoms with E-state index in [0.29, 0.717) is 0 Å². The number of phenolic OH excluding ortho intramolecular Hbond substituents is 1. The van der Waals surface area contributed by atoms with Gasteiger partial charge in [0.15, 0.2) is 11.6 Å². The zero-order valence-corrected chi connectivity index (χ0v) is 8.64. The number of rotatable bonds is 2. The third-order valence-electron chi connectivity index (χ3n) is 1.70. The lowest BCUT2D eigenvalue weighted by molar-refractivity contribution is 0.0517. The Bertz CT molecular complexity index is 383. The molecule has 0 heterocycles. The van der Waals surface area contributed by atoms with Crippen molar-refractivity contribution in [2.24, 2.45) is 0 Å². The molecule has 3 N–H and O–H groups in total. The van der Waals surface area contributed by atoms with E-state index in [9.17, 15) is 14.3 Å². The molecule has 0 aliphatic rings. The van der Waals surface area contributed by atoms with Crippen molar-refractivity contribution in [1.29, 1.82) is 0 Å². The minimum absolute atomic E-state index is 0.0597. The SMILES string of the molecule is CCOC(=O)c1c(O)c(N)cc(Cl)c1F. The van der Waals surface area contributed by atoms with Gasteiger partial charge < -0.3 is 15.6 Å². The number of ether oxygens (including phenoxy) is 1. The molecule has 6 heteroatoms. The van der Waals surface area contributed by atoms with Crippen molar-refractivity contribution in [3.8, 4) is 5.75 Å². The Kier molecular flexibility index (Phi) is 3.36. The average molecular weight is 234 g/mol. The van der Waals surface area contributed by atoms with Crippen molar-refractivity contribution in [1.82, 2.24) is 0 Å². The summed E-state index contributed by atoms with van der Waals surface area (Å²) >= 11 is 5.46. The molecule has 0 amide bonds. The average Bonchev–Trinajstić information content (AvgIpc) is 2.16. The fourth-order valence-corrected chi connectivity index (χ4v) is 1.24. The van der Waals surface area contributed by atoms with Crippen LogP contribution in [0.5, 0.6) is 5.75 Å². The summed E-state index contributed by atoms with van der Waals surface area (Å²) in [5.74, 6) is -2.70. The summed E-state index contributed by atoms with van der Waals surface area (Å²) in [5, 5.41) is 9.04. The Labute approximate surface area is 90.4 Å². The molecule has 0 spiro atoms. The van der Waals surface area contributed by atoms with Crippen LogP contribution in [0.1, 0.15) is 17.3 Å². The summed E-state index contributed by atoms with van der Waals surface area (Å²) in [5.41, 5.74) is 4.50. The second-order valence-corrected chi connectivity index (χ2v) is 3.11. The van der Waals surface area contributed by atoms with E-state index in [4.69, 9.17) is 17.3 Å². The minimum Gasteiger partial charge on any atom is -0.505 e. The van der Waals surface area contributed by atoms with Gasteiger partial charge in [-0.1, -0.05) is 11.6 Å². The van der Waals surface area contributed by atoms with Gasteiger partial charge in [0.25, 0.3) is 0 Å². The monoisotopic (exact) mass is 233 g/mol. The summed E-state index contributed by atoms with van der Waals surface area (Å²) in [6.45, 7) is 1.62. The normalized spacial score (nSPS) is 10.1. The molecule has 0 aromatic heterocycles. The third-order valence-corrected chi connectivity index (χ3v) is 1.98. The Hall–Kier alpha value is -1.49. The van der Waals surface area contributed by atoms with Gasteiger partial charge in [0, 0.05) is 0 Å². The molecule has 0 aliphatic heterocycles. The topological polar surface area (TPSA) is 72.5 Å². The maximum Gasteiger partial charge on any atom is 0.345 e. The lowest BCUT2D eigenvalue weighted by Gasteiger charge is -2.08. The molecule has 0 atom stereocenters. The van der Waals surface area contributed by atoms with Crippen molar-refractivity contribution in [2.45, 2.75) is 6.92 Å². The van der Waals surface area contributed by atoms with Crippen molar-refractivity contribution in [3.63, 3.8) is 0 Å². The lowest BCUT2D eigenvalue weighted by Crippen LogP contribution is -2.09. The first-order valence-electron chi connectivity index (χ1n) is 4.12. The van der Waals surface area contributed by atoms with Gasteiger partial charge in [0.05, 0.1) is 17.3 Å². The van der Waals surface area contributed by atoms with E-state index in [1.807, 2.05) is 0 Å². The fourth-order valence-electron chi connectivity index (χ4n) is 1.03. The number of halogens is 2. The van der Waals surface area contributed by atoms with E-state index >= 15 is 0 Å². The first kappa shape index (κ1) is 11.6. The summed E-state index contributed by atoms with van der Waals surface area (Å²) in [6, 6.07) is 1.02. The molecule has 0 aliphatic carbocycles. The van der Waals surface area contributed by atoms with E-state index in [2.05, 4.69) is 4.74 Å². The minimum atomic E-state index is -1.04. The summed E-state index contributed by atoms with van der Waals surface area (Å²) in [7, 11) is 0. The molecule has 15 heavy (non-hydrogen) atoms. The first-order chi connectivity index (χ1) is 6.99. The van der Waals surface area contributed by atoms with Crippen LogP contribution in [0.4, 0.5) is 10.1 Å². The smallest absolute Gasteiger partial charge is 0.345 e. The predicted molar refractivity (Wildman–Crippen MR) is 53.4 cm³/mol. The Balaban J connectivity index is 3.32. The maximum atomic E-state index is 13.4. The van der Waals surface area contributed by atoms with Crippen LogP contribution in [-0.2, 0) is 4.74 Å². The summed E-state index contributed by atoms with van der Waals surface area (Å²) in [6.07, 6.45) is 0. The number of nitrogens with two attached hydrogens (primary N) is 1. The maximum absolute atomic E-state index is 13.4. The third kappa shape index (κ3) is 2.12. The van der Waals surface area contributed by atoms with Crippen molar-refractivity contribution < 1.29 is 19.0 Å². The molecule has 1 aromatic rings. The van der Waals surface area contributed by atoms with E-state index < -0.39 is 23.1 Å². The number of carbonyl (C=O) groups is 1. The molecular formula is C9H9ClFNO3. The van der Waals surface area contributed by atoms with Gasteiger partial charge in [-0.05, 0) is 13.0 Å². The second kappa shape index (κ2) is 4.35. The summed E-state index contributed by atoms with van der Waals surface area (Å²) < 4.78 is 17.9. The molecule has 4 nitrogen and oxygen atoms in total. The zero-order chi connectivity index (χ0) is 11.6. The largest absolute Gasteiger partial charge is 0.505 e. The molecule has 0 bridgehead atoms. The molecule has 0 saturated carbocycles. The van der Waals surface area contributed by atoms with E-state index in [-0.39, 0.29) is 17.3 Å². The lowest BCUT2D eigenvalue weighted by atomic mass is 10.1. The Morgan fingerprint density at radius 1 is 1.73 bits per heavy atom. The van der Waals surface area contributed by atoms with Gasteiger partial charge in [-0.25, -0.2) is 9.18 Å². The number of carbonyl (C=O) groups excluding carboxylic acids is 1. The van der Waals surface area contributed by atoms with Gasteiger partial charge in [-0.3, -0.25) is 0 Å². The zero-order valence-electron chi connectivity index (χ0n) is 7.88. The number of benzene rings is 1. The summed E-state index contributed by atoms with van der Waals surface area (Å²) in [4.78, 5) is 11.3. The quantitative estimate of drug-likeness (QED) is 0.465. The molecule has 82 valence electrons. The predicted octanol–water partition coefficient (Wildman–Crippen LogP) is 1.94. The number of anilines is 1. The van der Waals surface area contributed by atoms with Crippen LogP contribution in [0.15, 0.2) is 6.07 Å². The van der Waals surface area contributed by atoms with Crippen LogP contribution in [0.3, 0.4) is 0 Å². The highest BCUT2D eigenvalue weighted by Crippen LogP contribution is 2.33. The Morgan fingerprint density at radius 2 is 2.33 bits per heavy atom. The van der Waals surface area contributed by atoms with Gasteiger partial charge in [0.1, 0.15) is 5.56 Å². The number of hydrogen-bond donors (Lipinski definition) is 2. The molecule has 1 rings (SSSR count). The first-order valence-corrected chi connectivity index (χ1v) is 4.50. The van der Waals surface area contributed by atoms with Crippen LogP contribution < -0.4 is 5.73 Å². The highest BCUT2D eigenvalue weighted by Gasteiger charge is 2.22. The van der Waals surface area contributed by atoms with Crippen LogP contribution in [0.2, 0.25) is 5.02 Å². The molecule has 1 aromatic carbocycles. The van der Waals surface area contributed by atoms with Crippen LogP contribution in [-0.4, -0.2) is 17.7 Å². The van der Waals surface area contributed by atoms with Crippen LogP contribution in [0.25, 0.3) is 0 Å². The fraction of sp³-hybridized carbons (Fsp3) is 0.222. The standard InChI is InChI=1S/C9H9ClFNO3/c1-2-15-9(14)6-7(11)4(10)3-5(12)8(6)13/h3,13H,2,12H2,1H3.